The number of anilines is 2. The van der Waals surface area contributed by atoms with Crippen LogP contribution < -0.4 is 10.6 Å². The van der Waals surface area contributed by atoms with Gasteiger partial charge in [0.1, 0.15) is 11.5 Å². The average molecular weight is 491 g/mol. The Morgan fingerprint density at radius 2 is 1.97 bits per heavy atom. The van der Waals surface area contributed by atoms with E-state index in [2.05, 4.69) is 15.1 Å². The fourth-order valence-corrected chi connectivity index (χ4v) is 4.91. The van der Waals surface area contributed by atoms with E-state index in [9.17, 15) is 18.0 Å². The molecule has 0 fully saturated rings. The Balaban J connectivity index is 1.46. The summed E-state index contributed by atoms with van der Waals surface area (Å²) in [4.78, 5) is 23.9. The summed E-state index contributed by atoms with van der Waals surface area (Å²) in [6.45, 7) is 0. The van der Waals surface area contributed by atoms with Gasteiger partial charge in [0.25, 0.3) is 5.91 Å². The van der Waals surface area contributed by atoms with Crippen LogP contribution in [-0.4, -0.2) is 30.1 Å². The number of aromatic nitrogens is 5. The third-order valence-electron chi connectivity index (χ3n) is 6.55. The topological polar surface area (TPSA) is 94.3 Å². The van der Waals surface area contributed by atoms with E-state index in [-0.39, 0.29) is 5.91 Å². The molecule has 5 aromatic rings. The lowest BCUT2D eigenvalue weighted by Gasteiger charge is -2.28. The Morgan fingerprint density at radius 1 is 1.14 bits per heavy atom. The van der Waals surface area contributed by atoms with E-state index >= 15 is 0 Å². The summed E-state index contributed by atoms with van der Waals surface area (Å²) in [5.41, 5.74) is 9.11. The van der Waals surface area contributed by atoms with Crippen LogP contribution >= 0.6 is 0 Å². The lowest BCUT2D eigenvalue weighted by Crippen LogP contribution is -2.34. The van der Waals surface area contributed by atoms with E-state index in [4.69, 9.17) is 5.73 Å². The maximum atomic E-state index is 14.0. The SMILES string of the molecule is Cn1cc(N(C(=O)c2ccc3nc(N)c4cccn4c3c2)C2CCc3nc(C(F)(F)F)ccc32)cn1. The minimum atomic E-state index is -4.53. The molecule has 4 heterocycles. The first kappa shape index (κ1) is 22.1. The predicted octanol–water partition coefficient (Wildman–Crippen LogP) is 4.55. The second kappa shape index (κ2) is 7.80. The van der Waals surface area contributed by atoms with Gasteiger partial charge in [0.05, 0.1) is 34.5 Å². The zero-order valence-electron chi connectivity index (χ0n) is 19.1. The number of alkyl halides is 3. The van der Waals surface area contributed by atoms with Crippen molar-refractivity contribution in [3.8, 4) is 0 Å². The molecule has 1 aliphatic rings. The van der Waals surface area contributed by atoms with Crippen LogP contribution in [0.25, 0.3) is 16.6 Å². The number of amides is 1. The fourth-order valence-electron chi connectivity index (χ4n) is 4.91. The largest absolute Gasteiger partial charge is 0.433 e. The number of fused-ring (bicyclic) bond motifs is 4. The number of hydrogen-bond acceptors (Lipinski definition) is 5. The van der Waals surface area contributed by atoms with Gasteiger partial charge >= 0.3 is 6.18 Å². The highest BCUT2D eigenvalue weighted by Gasteiger charge is 2.38. The second-order valence-electron chi connectivity index (χ2n) is 8.80. The summed E-state index contributed by atoms with van der Waals surface area (Å²) in [5, 5.41) is 4.21. The normalized spacial score (nSPS) is 15.5. The number of carbonyl (C=O) groups excluding carboxylic acids is 1. The zero-order valence-corrected chi connectivity index (χ0v) is 19.1. The van der Waals surface area contributed by atoms with Gasteiger partial charge in [0.15, 0.2) is 0 Å². The van der Waals surface area contributed by atoms with Gasteiger partial charge in [-0.05, 0) is 54.8 Å². The van der Waals surface area contributed by atoms with Crippen molar-refractivity contribution in [2.24, 2.45) is 7.05 Å². The van der Waals surface area contributed by atoms with Crippen molar-refractivity contribution in [1.82, 2.24) is 24.1 Å². The van der Waals surface area contributed by atoms with Gasteiger partial charge < -0.3 is 10.1 Å². The highest BCUT2D eigenvalue weighted by Crippen LogP contribution is 2.40. The Hall–Kier alpha value is -4.41. The van der Waals surface area contributed by atoms with Crippen LogP contribution in [0.5, 0.6) is 0 Å². The van der Waals surface area contributed by atoms with Crippen molar-refractivity contribution in [2.45, 2.75) is 25.1 Å². The van der Waals surface area contributed by atoms with Gasteiger partial charge in [0, 0.05) is 30.7 Å². The van der Waals surface area contributed by atoms with Crippen LogP contribution in [0.1, 0.15) is 39.8 Å². The van der Waals surface area contributed by atoms with E-state index in [1.54, 1.807) is 47.2 Å². The molecule has 36 heavy (non-hydrogen) atoms. The maximum Gasteiger partial charge on any atom is 0.433 e. The summed E-state index contributed by atoms with van der Waals surface area (Å²) in [5.74, 6) is 0.0802. The quantitative estimate of drug-likeness (QED) is 0.400. The molecule has 1 amide bonds. The van der Waals surface area contributed by atoms with E-state index in [0.717, 1.165) is 11.6 Å². The minimum Gasteiger partial charge on any atom is -0.382 e. The number of hydrogen-bond donors (Lipinski definition) is 1. The van der Waals surface area contributed by atoms with Crippen molar-refractivity contribution >= 4 is 34.0 Å². The number of halogens is 3. The molecule has 0 aliphatic heterocycles. The predicted molar refractivity (Wildman–Crippen MR) is 127 cm³/mol. The molecule has 0 radical (unpaired) electrons. The Kier molecular flexibility index (Phi) is 4.79. The maximum absolute atomic E-state index is 14.0. The molecular weight excluding hydrogens is 471 g/mol. The Bertz CT molecular complexity index is 1650. The Morgan fingerprint density at radius 3 is 2.72 bits per heavy atom. The monoisotopic (exact) mass is 491 g/mol. The summed E-state index contributed by atoms with van der Waals surface area (Å²) < 4.78 is 43.1. The number of nitrogens with two attached hydrogens (primary N) is 1. The molecule has 0 saturated heterocycles. The van der Waals surface area contributed by atoms with Crippen LogP contribution in [-0.2, 0) is 19.6 Å². The molecule has 182 valence electrons. The van der Waals surface area contributed by atoms with Gasteiger partial charge in [-0.3, -0.25) is 14.4 Å². The van der Waals surface area contributed by atoms with Gasteiger partial charge in [-0.25, -0.2) is 9.97 Å². The molecule has 0 bridgehead atoms. The van der Waals surface area contributed by atoms with E-state index in [1.807, 2.05) is 22.7 Å². The first-order valence-corrected chi connectivity index (χ1v) is 11.3. The molecule has 8 nitrogen and oxygen atoms in total. The molecule has 2 N–H and O–H groups in total. The summed E-state index contributed by atoms with van der Waals surface area (Å²) in [7, 11) is 1.74. The van der Waals surface area contributed by atoms with Crippen LogP contribution in [0.2, 0.25) is 0 Å². The number of nitrogen functional groups attached to an aromatic ring is 1. The van der Waals surface area contributed by atoms with Gasteiger partial charge in [-0.1, -0.05) is 6.07 Å². The van der Waals surface area contributed by atoms with Gasteiger partial charge in [-0.2, -0.15) is 18.3 Å². The smallest absolute Gasteiger partial charge is 0.382 e. The van der Waals surface area contributed by atoms with Gasteiger partial charge in [0.2, 0.25) is 0 Å². The molecule has 1 aromatic carbocycles. The number of nitrogens with zero attached hydrogens (tertiary/aromatic N) is 6. The van der Waals surface area contributed by atoms with Crippen molar-refractivity contribution in [3.63, 3.8) is 0 Å². The molecule has 0 saturated carbocycles. The molecular formula is C25H20F3N7O. The first-order valence-electron chi connectivity index (χ1n) is 11.3. The van der Waals surface area contributed by atoms with Gasteiger partial charge in [-0.15, -0.1) is 0 Å². The van der Waals surface area contributed by atoms with Crippen molar-refractivity contribution < 1.29 is 18.0 Å². The number of benzene rings is 1. The highest BCUT2D eigenvalue weighted by atomic mass is 19.4. The van der Waals surface area contributed by atoms with E-state index in [0.29, 0.717) is 52.2 Å². The third-order valence-corrected chi connectivity index (χ3v) is 6.55. The van der Waals surface area contributed by atoms with Crippen LogP contribution in [0.3, 0.4) is 0 Å². The van der Waals surface area contributed by atoms with Crippen molar-refractivity contribution in [2.75, 3.05) is 10.6 Å². The minimum absolute atomic E-state index is 0.306. The number of pyridine rings is 1. The standard InChI is InChI=1S/C25H20F3N7O/c1-33-13-15(12-30-33)35(19-8-7-17-16(19)5-9-22(31-17)25(26,27)28)24(36)14-4-6-18-21(11-14)34-10-2-3-20(34)23(29)32-18/h2-6,9-13,19H,7-8H2,1H3,(H2,29,32). The third kappa shape index (κ3) is 3.46. The molecule has 1 aliphatic carbocycles. The molecule has 1 atom stereocenters. The van der Waals surface area contributed by atoms with Crippen molar-refractivity contribution in [1.29, 1.82) is 0 Å². The molecule has 0 spiro atoms. The van der Waals surface area contributed by atoms with E-state index < -0.39 is 17.9 Å². The zero-order chi connectivity index (χ0) is 25.2. The Labute approximate surface area is 202 Å². The lowest BCUT2D eigenvalue weighted by atomic mass is 10.1. The summed E-state index contributed by atoms with van der Waals surface area (Å²) in [6.07, 6.45) is 1.37. The average Bonchev–Trinajstić information content (AvgIpc) is 3.59. The lowest BCUT2D eigenvalue weighted by molar-refractivity contribution is -0.141. The number of rotatable bonds is 3. The summed E-state index contributed by atoms with van der Waals surface area (Å²) >= 11 is 0. The van der Waals surface area contributed by atoms with Crippen molar-refractivity contribution in [3.05, 3.63) is 83.6 Å². The molecule has 1 unspecified atom stereocenters. The number of carbonyl (C=O) groups is 1. The van der Waals surface area contributed by atoms with E-state index in [1.165, 1.54) is 6.07 Å². The molecule has 11 heteroatoms. The molecule has 6 rings (SSSR count). The fraction of sp³-hybridized carbons (Fsp3) is 0.200. The second-order valence-corrected chi connectivity index (χ2v) is 8.80. The van der Waals surface area contributed by atoms with Crippen LogP contribution in [0, 0.1) is 0 Å². The first-order chi connectivity index (χ1) is 17.2. The highest BCUT2D eigenvalue weighted by molar-refractivity contribution is 6.08. The van der Waals surface area contributed by atoms with Crippen LogP contribution in [0.4, 0.5) is 24.7 Å². The van der Waals surface area contributed by atoms with Crippen LogP contribution in [0.15, 0.2) is 61.1 Å². The molecule has 4 aromatic heterocycles. The summed E-state index contributed by atoms with van der Waals surface area (Å²) in [6, 6.07) is 10.8. The number of aryl methyl sites for hydroxylation is 2.